The molecule has 0 aliphatic carbocycles. The number of carboxylic acid groups (broad SMARTS) is 1. The Hall–Kier alpha value is -3.39. The van der Waals surface area contributed by atoms with E-state index in [1.807, 2.05) is 0 Å². The topological polar surface area (TPSA) is 104 Å². The fourth-order valence-electron chi connectivity index (χ4n) is 2.68. The molecule has 1 heterocycles. The lowest BCUT2D eigenvalue weighted by Crippen LogP contribution is -2.30. The van der Waals surface area contributed by atoms with Crippen LogP contribution >= 0.6 is 11.6 Å². The molecule has 1 atom stereocenters. The van der Waals surface area contributed by atoms with Gasteiger partial charge in [-0.25, -0.2) is 9.07 Å². The number of aromatic amines is 1. The first-order valence-corrected chi connectivity index (χ1v) is 8.57. The maximum Gasteiger partial charge on any atom is 0.305 e. The van der Waals surface area contributed by atoms with Crippen LogP contribution in [0.25, 0.3) is 5.69 Å². The molecule has 144 valence electrons. The van der Waals surface area contributed by atoms with E-state index in [4.69, 9.17) is 16.7 Å². The van der Waals surface area contributed by atoms with Gasteiger partial charge in [0.15, 0.2) is 0 Å². The molecule has 9 heteroatoms. The van der Waals surface area contributed by atoms with Crippen molar-refractivity contribution in [1.29, 1.82) is 0 Å². The van der Waals surface area contributed by atoms with Crippen molar-refractivity contribution < 1.29 is 19.1 Å². The maximum absolute atomic E-state index is 13.1. The molecule has 0 saturated heterocycles. The Labute approximate surface area is 163 Å². The van der Waals surface area contributed by atoms with Crippen LogP contribution in [0.2, 0.25) is 5.02 Å². The standard InChI is InChI=1S/C19H15ClFN3O4/c20-12-3-1-2-11(8-12)15(10-18(26)27)22-19(28)16-9-17(25)24(23-16)14-6-4-13(21)5-7-14/h1-9,15,23H,10H2,(H,22,28)(H,26,27). The summed E-state index contributed by atoms with van der Waals surface area (Å²) in [6.07, 6.45) is -0.366. The van der Waals surface area contributed by atoms with E-state index in [1.54, 1.807) is 24.3 Å². The van der Waals surface area contributed by atoms with Gasteiger partial charge in [-0.15, -0.1) is 0 Å². The minimum absolute atomic E-state index is 0.0632. The van der Waals surface area contributed by atoms with Crippen LogP contribution in [0, 0.1) is 5.82 Å². The number of hydrogen-bond acceptors (Lipinski definition) is 3. The third kappa shape index (κ3) is 4.47. The summed E-state index contributed by atoms with van der Waals surface area (Å²) in [7, 11) is 0. The van der Waals surface area contributed by atoms with Crippen LogP contribution in [0.3, 0.4) is 0 Å². The summed E-state index contributed by atoms with van der Waals surface area (Å²) >= 11 is 5.94. The van der Waals surface area contributed by atoms with Gasteiger partial charge in [-0.3, -0.25) is 19.5 Å². The number of amides is 1. The zero-order valence-electron chi connectivity index (χ0n) is 14.4. The second-order valence-electron chi connectivity index (χ2n) is 6.00. The maximum atomic E-state index is 13.1. The van der Waals surface area contributed by atoms with Crippen LogP contribution in [0.5, 0.6) is 0 Å². The van der Waals surface area contributed by atoms with Crippen molar-refractivity contribution in [3.8, 4) is 5.69 Å². The average molecular weight is 404 g/mol. The third-order valence-electron chi connectivity index (χ3n) is 3.99. The van der Waals surface area contributed by atoms with Crippen LogP contribution in [-0.2, 0) is 4.79 Å². The molecule has 1 aromatic heterocycles. The molecule has 2 aromatic carbocycles. The summed E-state index contributed by atoms with van der Waals surface area (Å²) in [5.41, 5.74) is 0.284. The summed E-state index contributed by atoms with van der Waals surface area (Å²) in [5.74, 6) is -2.23. The quantitative estimate of drug-likeness (QED) is 0.588. The molecule has 1 amide bonds. The van der Waals surface area contributed by atoms with Gasteiger partial charge in [0.2, 0.25) is 0 Å². The molecule has 0 aliphatic rings. The summed E-state index contributed by atoms with van der Waals surface area (Å²) in [6, 6.07) is 11.8. The first kappa shape index (κ1) is 19.4. The predicted octanol–water partition coefficient (Wildman–Crippen LogP) is 2.90. The molecule has 28 heavy (non-hydrogen) atoms. The van der Waals surface area contributed by atoms with E-state index in [9.17, 15) is 18.8 Å². The van der Waals surface area contributed by atoms with E-state index in [1.165, 1.54) is 24.3 Å². The molecular formula is C19H15ClFN3O4. The van der Waals surface area contributed by atoms with Gasteiger partial charge in [0.05, 0.1) is 18.2 Å². The van der Waals surface area contributed by atoms with Crippen molar-refractivity contribution >= 4 is 23.5 Å². The molecular weight excluding hydrogens is 389 g/mol. The van der Waals surface area contributed by atoms with Gasteiger partial charge in [0.1, 0.15) is 11.5 Å². The summed E-state index contributed by atoms with van der Waals surface area (Å²) in [4.78, 5) is 35.9. The predicted molar refractivity (Wildman–Crippen MR) is 100 cm³/mol. The third-order valence-corrected chi connectivity index (χ3v) is 4.22. The van der Waals surface area contributed by atoms with Crippen LogP contribution in [0.4, 0.5) is 4.39 Å². The highest BCUT2D eigenvalue weighted by molar-refractivity contribution is 6.30. The number of carbonyl (C=O) groups excluding carboxylic acids is 1. The number of rotatable bonds is 6. The van der Waals surface area contributed by atoms with Crippen LogP contribution in [-0.4, -0.2) is 26.8 Å². The van der Waals surface area contributed by atoms with Gasteiger partial charge in [0, 0.05) is 11.1 Å². The summed E-state index contributed by atoms with van der Waals surface area (Å²) < 4.78 is 14.1. The van der Waals surface area contributed by atoms with E-state index in [-0.39, 0.29) is 12.1 Å². The number of carboxylic acids is 1. The number of nitrogens with zero attached hydrogens (tertiary/aromatic N) is 1. The molecule has 3 aromatic rings. The molecule has 0 radical (unpaired) electrons. The van der Waals surface area contributed by atoms with E-state index >= 15 is 0 Å². The van der Waals surface area contributed by atoms with Crippen LogP contribution in [0.15, 0.2) is 59.4 Å². The van der Waals surface area contributed by atoms with Crippen molar-refractivity contribution in [1.82, 2.24) is 15.1 Å². The van der Waals surface area contributed by atoms with Crippen molar-refractivity contribution in [2.24, 2.45) is 0 Å². The Morgan fingerprint density at radius 3 is 2.54 bits per heavy atom. The van der Waals surface area contributed by atoms with Gasteiger partial charge < -0.3 is 10.4 Å². The summed E-state index contributed by atoms with van der Waals surface area (Å²) in [5, 5.41) is 14.8. The first-order chi connectivity index (χ1) is 13.3. The number of nitrogens with one attached hydrogen (secondary N) is 2. The van der Waals surface area contributed by atoms with Crippen LogP contribution < -0.4 is 10.9 Å². The molecule has 0 bridgehead atoms. The van der Waals surface area contributed by atoms with Gasteiger partial charge in [0.25, 0.3) is 11.5 Å². The van der Waals surface area contributed by atoms with Gasteiger partial charge in [-0.2, -0.15) is 0 Å². The molecule has 3 N–H and O–H groups in total. The normalized spacial score (nSPS) is 11.8. The zero-order chi connectivity index (χ0) is 20.3. The highest BCUT2D eigenvalue weighted by Crippen LogP contribution is 2.21. The molecule has 0 aliphatic heterocycles. The van der Waals surface area contributed by atoms with E-state index < -0.39 is 29.3 Å². The largest absolute Gasteiger partial charge is 0.481 e. The van der Waals surface area contributed by atoms with Gasteiger partial charge in [-0.1, -0.05) is 23.7 Å². The highest BCUT2D eigenvalue weighted by atomic mass is 35.5. The van der Waals surface area contributed by atoms with Crippen LogP contribution in [0.1, 0.15) is 28.5 Å². The number of carbonyl (C=O) groups is 2. The second-order valence-corrected chi connectivity index (χ2v) is 6.44. The molecule has 0 fully saturated rings. The fraction of sp³-hybridized carbons (Fsp3) is 0.105. The summed E-state index contributed by atoms with van der Waals surface area (Å²) in [6.45, 7) is 0. The highest BCUT2D eigenvalue weighted by Gasteiger charge is 2.21. The Morgan fingerprint density at radius 1 is 1.18 bits per heavy atom. The molecule has 0 saturated carbocycles. The monoisotopic (exact) mass is 403 g/mol. The molecule has 7 nitrogen and oxygen atoms in total. The van der Waals surface area contributed by atoms with Crippen molar-refractivity contribution in [2.75, 3.05) is 0 Å². The number of hydrogen-bond donors (Lipinski definition) is 3. The van der Waals surface area contributed by atoms with Crippen molar-refractivity contribution in [3.63, 3.8) is 0 Å². The van der Waals surface area contributed by atoms with Gasteiger partial charge >= 0.3 is 5.97 Å². The van der Waals surface area contributed by atoms with Crippen molar-refractivity contribution in [3.05, 3.63) is 87.0 Å². The number of H-pyrrole nitrogens is 1. The first-order valence-electron chi connectivity index (χ1n) is 8.19. The molecule has 1 unspecified atom stereocenters. The smallest absolute Gasteiger partial charge is 0.305 e. The van der Waals surface area contributed by atoms with E-state index in [0.29, 0.717) is 16.3 Å². The number of aromatic nitrogens is 2. The zero-order valence-corrected chi connectivity index (χ0v) is 15.1. The Morgan fingerprint density at radius 2 is 1.89 bits per heavy atom. The van der Waals surface area contributed by atoms with Crippen molar-refractivity contribution in [2.45, 2.75) is 12.5 Å². The fourth-order valence-corrected chi connectivity index (χ4v) is 2.88. The minimum Gasteiger partial charge on any atom is -0.481 e. The second kappa shape index (κ2) is 8.10. The average Bonchev–Trinajstić information content (AvgIpc) is 3.03. The van der Waals surface area contributed by atoms with Gasteiger partial charge in [-0.05, 0) is 42.0 Å². The van der Waals surface area contributed by atoms with E-state index in [2.05, 4.69) is 10.4 Å². The Balaban J connectivity index is 1.86. The lowest BCUT2D eigenvalue weighted by molar-refractivity contribution is -0.137. The minimum atomic E-state index is -1.11. The Kier molecular flexibility index (Phi) is 5.60. The number of aliphatic carboxylic acids is 1. The Bertz CT molecular complexity index is 1080. The molecule has 0 spiro atoms. The number of halogens is 2. The number of benzene rings is 2. The SMILES string of the molecule is O=C(O)CC(NC(=O)c1cc(=O)n(-c2ccc(F)cc2)[nH]1)c1cccc(Cl)c1. The lowest BCUT2D eigenvalue weighted by Gasteiger charge is -2.17. The lowest BCUT2D eigenvalue weighted by atomic mass is 10.0. The molecule has 3 rings (SSSR count). The van der Waals surface area contributed by atoms with E-state index in [0.717, 1.165) is 10.7 Å².